The van der Waals surface area contributed by atoms with E-state index in [1.165, 1.54) is 0 Å². The summed E-state index contributed by atoms with van der Waals surface area (Å²) in [5, 5.41) is 5.02. The number of rotatable bonds is 4. The van der Waals surface area contributed by atoms with Crippen LogP contribution in [0.2, 0.25) is 0 Å². The van der Waals surface area contributed by atoms with Crippen LogP contribution in [0.4, 0.5) is 0 Å². The van der Waals surface area contributed by atoms with E-state index >= 15 is 0 Å². The molecule has 0 aliphatic heterocycles. The Morgan fingerprint density at radius 3 is 1.78 bits per heavy atom. The molecule has 2 N–H and O–H groups in total. The Kier molecular flexibility index (Phi) is 1.38. The molecule has 0 aromatic carbocycles. The normalized spacial score (nSPS) is 20.0. The molecule has 2 amide bonds. The van der Waals surface area contributed by atoms with E-state index in [4.69, 9.17) is 0 Å². The average Bonchev–Trinajstić information content (AvgIpc) is 2.51. The molecule has 0 saturated heterocycles. The van der Waals surface area contributed by atoms with Crippen molar-refractivity contribution < 1.29 is 9.59 Å². The summed E-state index contributed by atoms with van der Waals surface area (Å²) in [6.45, 7) is 0. The Bertz CT molecular complexity index is 119. The van der Waals surface area contributed by atoms with Gasteiger partial charge in [-0.25, -0.2) is 0 Å². The smallest absolute Gasteiger partial charge is 0.208 e. The SMILES string of the molecule is O=CNC1(NC=O)CC1. The van der Waals surface area contributed by atoms with E-state index in [1.807, 2.05) is 0 Å². The summed E-state index contributed by atoms with van der Waals surface area (Å²) in [6, 6.07) is 0. The molecule has 1 fully saturated rings. The van der Waals surface area contributed by atoms with E-state index in [1.54, 1.807) is 0 Å². The van der Waals surface area contributed by atoms with Gasteiger partial charge in [0.2, 0.25) is 12.8 Å². The van der Waals surface area contributed by atoms with Gasteiger partial charge < -0.3 is 10.6 Å². The Morgan fingerprint density at radius 2 is 1.56 bits per heavy atom. The maximum absolute atomic E-state index is 9.87. The highest BCUT2D eigenvalue weighted by molar-refractivity contribution is 5.54. The maximum atomic E-state index is 9.87. The second kappa shape index (κ2) is 2.05. The minimum Gasteiger partial charge on any atom is -0.336 e. The summed E-state index contributed by atoms with van der Waals surface area (Å²) >= 11 is 0. The van der Waals surface area contributed by atoms with Gasteiger partial charge in [-0.05, 0) is 12.8 Å². The first-order valence-electron chi connectivity index (χ1n) is 2.76. The van der Waals surface area contributed by atoms with Gasteiger partial charge in [-0.1, -0.05) is 0 Å². The van der Waals surface area contributed by atoms with E-state index in [0.717, 1.165) is 12.8 Å². The molecule has 0 radical (unpaired) electrons. The van der Waals surface area contributed by atoms with E-state index in [2.05, 4.69) is 10.6 Å². The number of amides is 2. The van der Waals surface area contributed by atoms with Crippen molar-refractivity contribution in [3.05, 3.63) is 0 Å². The average molecular weight is 128 g/mol. The van der Waals surface area contributed by atoms with Crippen LogP contribution in [0.5, 0.6) is 0 Å². The lowest BCUT2D eigenvalue weighted by Gasteiger charge is -2.10. The van der Waals surface area contributed by atoms with Gasteiger partial charge in [0.05, 0.1) is 0 Å². The van der Waals surface area contributed by atoms with Crippen LogP contribution in [0.3, 0.4) is 0 Å². The van der Waals surface area contributed by atoms with Crippen molar-refractivity contribution in [1.29, 1.82) is 0 Å². The van der Waals surface area contributed by atoms with Crippen molar-refractivity contribution in [2.24, 2.45) is 0 Å². The van der Waals surface area contributed by atoms with E-state index < -0.39 is 0 Å². The second-order valence-corrected chi connectivity index (χ2v) is 2.11. The predicted octanol–water partition coefficient (Wildman–Crippen LogP) is -1.03. The third kappa shape index (κ3) is 1.19. The number of hydrogen-bond donors (Lipinski definition) is 2. The van der Waals surface area contributed by atoms with Gasteiger partial charge in [0.25, 0.3) is 0 Å². The highest BCUT2D eigenvalue weighted by Gasteiger charge is 2.41. The predicted molar refractivity (Wildman–Crippen MR) is 30.4 cm³/mol. The van der Waals surface area contributed by atoms with E-state index in [-0.39, 0.29) is 5.66 Å². The van der Waals surface area contributed by atoms with Gasteiger partial charge in [-0.15, -0.1) is 0 Å². The molecule has 0 bridgehead atoms. The molecule has 1 rings (SSSR count). The third-order valence-corrected chi connectivity index (χ3v) is 1.42. The first-order chi connectivity index (χ1) is 4.33. The molecule has 0 atom stereocenters. The van der Waals surface area contributed by atoms with E-state index in [0.29, 0.717) is 12.8 Å². The lowest BCUT2D eigenvalue weighted by atomic mass is 10.5. The summed E-state index contributed by atoms with van der Waals surface area (Å²) in [6.07, 6.45) is 2.88. The molecule has 0 heterocycles. The van der Waals surface area contributed by atoms with Crippen molar-refractivity contribution in [3.63, 3.8) is 0 Å². The number of nitrogens with one attached hydrogen (secondary N) is 2. The fourth-order valence-corrected chi connectivity index (χ4v) is 0.681. The van der Waals surface area contributed by atoms with Crippen molar-refractivity contribution in [3.8, 4) is 0 Å². The lowest BCUT2D eigenvalue weighted by molar-refractivity contribution is -0.112. The van der Waals surface area contributed by atoms with E-state index in [9.17, 15) is 9.59 Å². The molecule has 1 saturated carbocycles. The zero-order chi connectivity index (χ0) is 6.74. The van der Waals surface area contributed by atoms with Gasteiger partial charge in [0.15, 0.2) is 0 Å². The van der Waals surface area contributed by atoms with Gasteiger partial charge >= 0.3 is 0 Å². The van der Waals surface area contributed by atoms with Crippen LogP contribution in [0.1, 0.15) is 12.8 Å². The Morgan fingerprint density at radius 1 is 1.11 bits per heavy atom. The minimum atomic E-state index is -0.385. The monoisotopic (exact) mass is 128 g/mol. The number of carbonyl (C=O) groups excluding carboxylic acids is 2. The minimum absolute atomic E-state index is 0.385. The fourth-order valence-electron chi connectivity index (χ4n) is 0.681. The van der Waals surface area contributed by atoms with Crippen LogP contribution < -0.4 is 10.6 Å². The number of hydrogen-bond acceptors (Lipinski definition) is 2. The highest BCUT2D eigenvalue weighted by Crippen LogP contribution is 2.30. The highest BCUT2D eigenvalue weighted by atomic mass is 16.1. The molecule has 1 aliphatic rings. The van der Waals surface area contributed by atoms with Gasteiger partial charge in [0.1, 0.15) is 5.66 Å². The topological polar surface area (TPSA) is 58.2 Å². The summed E-state index contributed by atoms with van der Waals surface area (Å²) in [5.41, 5.74) is -0.385. The van der Waals surface area contributed by atoms with Crippen molar-refractivity contribution in [2.75, 3.05) is 0 Å². The second-order valence-electron chi connectivity index (χ2n) is 2.11. The van der Waals surface area contributed by atoms with Crippen molar-refractivity contribution in [1.82, 2.24) is 10.6 Å². The van der Waals surface area contributed by atoms with Gasteiger partial charge in [-0.2, -0.15) is 0 Å². The number of carbonyl (C=O) groups is 2. The Balaban J connectivity index is 2.32. The maximum Gasteiger partial charge on any atom is 0.208 e. The molecule has 50 valence electrons. The molecule has 4 heteroatoms. The molecule has 4 nitrogen and oxygen atoms in total. The van der Waals surface area contributed by atoms with Crippen molar-refractivity contribution >= 4 is 12.8 Å². The third-order valence-electron chi connectivity index (χ3n) is 1.42. The largest absolute Gasteiger partial charge is 0.336 e. The van der Waals surface area contributed by atoms with Crippen LogP contribution in [0, 0.1) is 0 Å². The first-order valence-corrected chi connectivity index (χ1v) is 2.76. The van der Waals surface area contributed by atoms with Crippen LogP contribution in [-0.2, 0) is 9.59 Å². The quantitative estimate of drug-likeness (QED) is 0.375. The summed E-state index contributed by atoms with van der Waals surface area (Å²) in [7, 11) is 0. The van der Waals surface area contributed by atoms with Crippen LogP contribution in [0.25, 0.3) is 0 Å². The zero-order valence-electron chi connectivity index (χ0n) is 4.89. The molecule has 1 aliphatic carbocycles. The summed E-state index contributed by atoms with van der Waals surface area (Å²) in [4.78, 5) is 19.7. The molecule has 0 aromatic rings. The van der Waals surface area contributed by atoms with Gasteiger partial charge in [-0.3, -0.25) is 9.59 Å². The molecule has 0 spiro atoms. The Labute approximate surface area is 52.6 Å². The summed E-state index contributed by atoms with van der Waals surface area (Å²) in [5.74, 6) is 0. The lowest BCUT2D eigenvalue weighted by Crippen LogP contribution is -2.43. The van der Waals surface area contributed by atoms with Crippen LogP contribution >= 0.6 is 0 Å². The first kappa shape index (κ1) is 6.07. The molecular weight excluding hydrogens is 120 g/mol. The molecule has 9 heavy (non-hydrogen) atoms. The van der Waals surface area contributed by atoms with Crippen LogP contribution in [0.15, 0.2) is 0 Å². The molecule has 0 aromatic heterocycles. The van der Waals surface area contributed by atoms with Crippen LogP contribution in [-0.4, -0.2) is 18.5 Å². The van der Waals surface area contributed by atoms with Gasteiger partial charge in [0, 0.05) is 0 Å². The molecule has 0 unspecified atom stereocenters. The zero-order valence-corrected chi connectivity index (χ0v) is 4.89. The Hall–Kier alpha value is -1.06. The molecular formula is C5H8N2O2. The standard InChI is InChI=1S/C5H8N2O2/c8-3-6-5(1-2-5)7-4-9/h3-4H,1-2H2,(H,6,8)(H,7,9). The fraction of sp³-hybridized carbons (Fsp3) is 0.600. The summed E-state index contributed by atoms with van der Waals surface area (Å²) < 4.78 is 0. The van der Waals surface area contributed by atoms with Crippen molar-refractivity contribution in [2.45, 2.75) is 18.5 Å².